The molecule has 0 aliphatic carbocycles. The number of para-hydroxylation sites is 4. The average molecular weight is 481 g/mol. The molecule has 0 spiro atoms. The SMILES string of the molecule is CN(C)C(=O)N(c1ccccc1)c1ccccc1.CN(C)C(=O)N(c1ccccc1)c1ccccc1. The highest BCUT2D eigenvalue weighted by molar-refractivity contribution is 5.99. The Morgan fingerprint density at radius 2 is 0.583 bits per heavy atom. The van der Waals surface area contributed by atoms with Crippen molar-refractivity contribution in [1.29, 1.82) is 0 Å². The Bertz CT molecular complexity index is 1040. The molecule has 0 N–H and O–H groups in total. The molecule has 4 rings (SSSR count). The van der Waals surface area contributed by atoms with Gasteiger partial charge in [0.05, 0.1) is 22.7 Å². The fraction of sp³-hybridized carbons (Fsp3) is 0.133. The van der Waals surface area contributed by atoms with Gasteiger partial charge in [-0.15, -0.1) is 0 Å². The largest absolute Gasteiger partial charge is 0.330 e. The Balaban J connectivity index is 0.000000201. The second-order valence-corrected chi connectivity index (χ2v) is 8.37. The molecule has 0 aliphatic heterocycles. The Hall–Kier alpha value is -4.58. The molecule has 6 heteroatoms. The lowest BCUT2D eigenvalue weighted by Gasteiger charge is -2.26. The van der Waals surface area contributed by atoms with Gasteiger partial charge in [-0.3, -0.25) is 9.80 Å². The number of amides is 4. The summed E-state index contributed by atoms with van der Waals surface area (Å²) in [5.74, 6) is 0. The van der Waals surface area contributed by atoms with Crippen LogP contribution in [0.1, 0.15) is 0 Å². The summed E-state index contributed by atoms with van der Waals surface area (Å²) in [6.07, 6.45) is 0. The molecule has 0 aromatic heterocycles. The van der Waals surface area contributed by atoms with Gasteiger partial charge in [-0.1, -0.05) is 72.8 Å². The third-order valence-electron chi connectivity index (χ3n) is 5.21. The Kier molecular flexibility index (Phi) is 9.23. The number of urea groups is 2. The van der Waals surface area contributed by atoms with E-state index in [2.05, 4.69) is 0 Å². The van der Waals surface area contributed by atoms with Crippen molar-refractivity contribution >= 4 is 34.8 Å². The quantitative estimate of drug-likeness (QED) is 0.315. The molecule has 0 bridgehead atoms. The van der Waals surface area contributed by atoms with Gasteiger partial charge >= 0.3 is 12.1 Å². The number of anilines is 4. The number of nitrogens with zero attached hydrogens (tertiary/aromatic N) is 4. The van der Waals surface area contributed by atoms with Crippen LogP contribution in [0.5, 0.6) is 0 Å². The van der Waals surface area contributed by atoms with Crippen molar-refractivity contribution < 1.29 is 9.59 Å². The molecule has 0 heterocycles. The minimum absolute atomic E-state index is 0.0626. The van der Waals surface area contributed by atoms with Gasteiger partial charge in [0.1, 0.15) is 0 Å². The van der Waals surface area contributed by atoms with Gasteiger partial charge in [-0.2, -0.15) is 0 Å². The number of carbonyl (C=O) groups is 2. The zero-order valence-electron chi connectivity index (χ0n) is 21.2. The first-order valence-electron chi connectivity index (χ1n) is 11.6. The molecule has 0 aliphatic rings. The predicted octanol–water partition coefficient (Wildman–Crippen LogP) is 7.01. The van der Waals surface area contributed by atoms with Crippen LogP contribution >= 0.6 is 0 Å². The molecule has 0 atom stereocenters. The number of hydrogen-bond acceptors (Lipinski definition) is 2. The smallest absolute Gasteiger partial charge is 0.328 e. The van der Waals surface area contributed by atoms with Crippen LogP contribution in [0.3, 0.4) is 0 Å². The highest BCUT2D eigenvalue weighted by Gasteiger charge is 2.20. The molecular formula is C30H32N4O2. The van der Waals surface area contributed by atoms with Crippen LogP contribution in [0.4, 0.5) is 32.3 Å². The maximum atomic E-state index is 12.3. The molecule has 6 nitrogen and oxygen atoms in total. The van der Waals surface area contributed by atoms with Gasteiger partial charge < -0.3 is 9.80 Å². The molecule has 0 fully saturated rings. The predicted molar refractivity (Wildman–Crippen MR) is 148 cm³/mol. The van der Waals surface area contributed by atoms with E-state index in [1.165, 1.54) is 0 Å². The highest BCUT2D eigenvalue weighted by Crippen LogP contribution is 2.27. The minimum atomic E-state index is -0.0626. The van der Waals surface area contributed by atoms with E-state index < -0.39 is 0 Å². The van der Waals surface area contributed by atoms with Gasteiger partial charge in [0.25, 0.3) is 0 Å². The van der Waals surface area contributed by atoms with Gasteiger partial charge in [-0.25, -0.2) is 9.59 Å². The van der Waals surface area contributed by atoms with Gasteiger partial charge in [0, 0.05) is 28.2 Å². The molecular weight excluding hydrogens is 448 g/mol. The molecule has 0 saturated heterocycles. The van der Waals surface area contributed by atoms with E-state index >= 15 is 0 Å². The van der Waals surface area contributed by atoms with Crippen LogP contribution in [-0.2, 0) is 0 Å². The summed E-state index contributed by atoms with van der Waals surface area (Å²) >= 11 is 0. The van der Waals surface area contributed by atoms with Crippen molar-refractivity contribution in [3.63, 3.8) is 0 Å². The van der Waals surface area contributed by atoms with Crippen LogP contribution in [0, 0.1) is 0 Å². The van der Waals surface area contributed by atoms with Gasteiger partial charge in [0.2, 0.25) is 0 Å². The summed E-state index contributed by atoms with van der Waals surface area (Å²) in [7, 11) is 7.00. The summed E-state index contributed by atoms with van der Waals surface area (Å²) in [5.41, 5.74) is 3.45. The lowest BCUT2D eigenvalue weighted by Crippen LogP contribution is -2.35. The molecule has 4 aromatic rings. The summed E-state index contributed by atoms with van der Waals surface area (Å²) in [4.78, 5) is 31.1. The van der Waals surface area contributed by atoms with Crippen LogP contribution in [-0.4, -0.2) is 50.1 Å². The standard InChI is InChI=1S/2C15H16N2O/c2*1-16(2)15(18)17(13-9-5-3-6-10-13)14-11-7-4-8-12-14/h2*3-12H,1-2H3. The fourth-order valence-electron chi connectivity index (χ4n) is 3.45. The van der Waals surface area contributed by atoms with E-state index in [4.69, 9.17) is 0 Å². The molecule has 36 heavy (non-hydrogen) atoms. The lowest BCUT2D eigenvalue weighted by molar-refractivity contribution is 0.226. The van der Waals surface area contributed by atoms with Crippen molar-refractivity contribution in [3.8, 4) is 0 Å². The van der Waals surface area contributed by atoms with Crippen molar-refractivity contribution in [2.45, 2.75) is 0 Å². The monoisotopic (exact) mass is 480 g/mol. The van der Waals surface area contributed by atoms with E-state index in [0.717, 1.165) is 22.7 Å². The third-order valence-corrected chi connectivity index (χ3v) is 5.21. The van der Waals surface area contributed by atoms with Crippen molar-refractivity contribution in [3.05, 3.63) is 121 Å². The first-order valence-corrected chi connectivity index (χ1v) is 11.6. The average Bonchev–Trinajstić information content (AvgIpc) is 2.91. The summed E-state index contributed by atoms with van der Waals surface area (Å²) in [6.45, 7) is 0. The molecule has 4 amide bonds. The first-order chi connectivity index (χ1) is 17.4. The topological polar surface area (TPSA) is 47.1 Å². The van der Waals surface area contributed by atoms with E-state index in [1.54, 1.807) is 47.8 Å². The van der Waals surface area contributed by atoms with Gasteiger partial charge in [-0.05, 0) is 48.5 Å². The summed E-state index contributed by atoms with van der Waals surface area (Å²) < 4.78 is 0. The fourth-order valence-corrected chi connectivity index (χ4v) is 3.45. The molecule has 4 aromatic carbocycles. The van der Waals surface area contributed by atoms with Crippen molar-refractivity contribution in [2.24, 2.45) is 0 Å². The number of benzene rings is 4. The van der Waals surface area contributed by atoms with E-state index in [9.17, 15) is 9.59 Å². The summed E-state index contributed by atoms with van der Waals surface area (Å²) in [5, 5.41) is 0. The zero-order chi connectivity index (χ0) is 25.9. The van der Waals surface area contributed by atoms with Crippen LogP contribution in [0.25, 0.3) is 0 Å². The summed E-state index contributed by atoms with van der Waals surface area (Å²) in [6, 6.07) is 38.4. The molecule has 0 radical (unpaired) electrons. The van der Waals surface area contributed by atoms with Crippen molar-refractivity contribution in [1.82, 2.24) is 9.80 Å². The second kappa shape index (κ2) is 12.8. The van der Waals surface area contributed by atoms with Gasteiger partial charge in [0.15, 0.2) is 0 Å². The Morgan fingerprint density at radius 1 is 0.389 bits per heavy atom. The second-order valence-electron chi connectivity index (χ2n) is 8.37. The van der Waals surface area contributed by atoms with E-state index in [1.807, 2.05) is 121 Å². The highest BCUT2D eigenvalue weighted by atomic mass is 16.2. The Morgan fingerprint density at radius 3 is 0.750 bits per heavy atom. The maximum Gasteiger partial charge on any atom is 0.328 e. The molecule has 0 unspecified atom stereocenters. The first kappa shape index (κ1) is 26.0. The third kappa shape index (κ3) is 6.73. The number of hydrogen-bond donors (Lipinski definition) is 0. The van der Waals surface area contributed by atoms with Crippen LogP contribution in [0.15, 0.2) is 121 Å². The van der Waals surface area contributed by atoms with Crippen LogP contribution < -0.4 is 9.80 Å². The van der Waals surface area contributed by atoms with E-state index in [0.29, 0.717) is 0 Å². The number of rotatable bonds is 4. The molecule has 184 valence electrons. The Labute approximate surface area is 213 Å². The normalized spacial score (nSPS) is 9.89. The minimum Gasteiger partial charge on any atom is -0.330 e. The van der Waals surface area contributed by atoms with Crippen molar-refractivity contribution in [2.75, 3.05) is 38.0 Å². The van der Waals surface area contributed by atoms with Crippen LogP contribution in [0.2, 0.25) is 0 Å². The van der Waals surface area contributed by atoms with E-state index in [-0.39, 0.29) is 12.1 Å². The maximum absolute atomic E-state index is 12.3. The number of carbonyl (C=O) groups excluding carboxylic acids is 2. The zero-order valence-corrected chi connectivity index (χ0v) is 21.2. The lowest BCUT2D eigenvalue weighted by atomic mass is 10.2. The molecule has 0 saturated carbocycles.